The Balaban J connectivity index is 1.93. The zero-order chi connectivity index (χ0) is 19.2. The van der Waals surface area contributed by atoms with Crippen LogP contribution in [0.2, 0.25) is 0 Å². The normalized spacial score (nSPS) is 11.2. The van der Waals surface area contributed by atoms with Crippen LogP contribution in [0.25, 0.3) is 0 Å². The van der Waals surface area contributed by atoms with Gasteiger partial charge in [-0.15, -0.1) is 11.3 Å². The highest BCUT2D eigenvalue weighted by Gasteiger charge is 2.29. The van der Waals surface area contributed by atoms with Gasteiger partial charge in [-0.3, -0.25) is 9.59 Å². The molecule has 4 nitrogen and oxygen atoms in total. The maximum absolute atomic E-state index is 12.5. The number of amides is 2. The molecule has 0 aliphatic heterocycles. The van der Waals surface area contributed by atoms with Gasteiger partial charge in [-0.25, -0.2) is 0 Å². The summed E-state index contributed by atoms with van der Waals surface area (Å²) in [6.45, 7) is 2.33. The molecule has 0 aliphatic carbocycles. The Morgan fingerprint density at radius 1 is 1.19 bits per heavy atom. The van der Waals surface area contributed by atoms with E-state index in [1.807, 2.05) is 17.5 Å². The third-order valence-corrected chi connectivity index (χ3v) is 4.99. The average molecular weight is 402 g/mol. The summed E-state index contributed by atoms with van der Waals surface area (Å²) in [5.74, 6) is -0.694. The van der Waals surface area contributed by atoms with Crippen molar-refractivity contribution in [1.82, 2.24) is 10.2 Å². The molecule has 26 heavy (non-hydrogen) atoms. The first kappa shape index (κ1) is 20.3. The first-order valence-electron chi connectivity index (χ1n) is 7.72. The second-order valence-electron chi connectivity index (χ2n) is 5.25. The standard InChI is InChI=1S/C17H17F3N2O2S2/c1-2-22(11-15(23)21-10-14-4-3-9-25-14)16(24)12-5-7-13(8-6-12)26-17(18,19)20/h3-9H,2,10-11H2,1H3,(H,21,23). The van der Waals surface area contributed by atoms with Crippen LogP contribution in [0.3, 0.4) is 0 Å². The molecule has 0 unspecified atom stereocenters. The highest BCUT2D eigenvalue weighted by Crippen LogP contribution is 2.36. The maximum atomic E-state index is 12.5. The molecule has 1 aromatic heterocycles. The Kier molecular flexibility index (Phi) is 7.10. The zero-order valence-corrected chi connectivity index (χ0v) is 15.5. The lowest BCUT2D eigenvalue weighted by Crippen LogP contribution is -2.40. The molecule has 0 bridgehead atoms. The van der Waals surface area contributed by atoms with Gasteiger partial charge in [-0.2, -0.15) is 13.2 Å². The van der Waals surface area contributed by atoms with Crippen LogP contribution in [0.4, 0.5) is 13.2 Å². The molecule has 2 amide bonds. The van der Waals surface area contributed by atoms with Gasteiger partial charge in [-0.1, -0.05) is 6.07 Å². The Morgan fingerprint density at radius 3 is 2.42 bits per heavy atom. The van der Waals surface area contributed by atoms with Crippen molar-refractivity contribution >= 4 is 34.9 Å². The number of likely N-dealkylation sites (N-methyl/N-ethyl adjacent to an activating group) is 1. The van der Waals surface area contributed by atoms with Gasteiger partial charge in [0, 0.05) is 21.9 Å². The summed E-state index contributed by atoms with van der Waals surface area (Å²) in [4.78, 5) is 26.8. The molecule has 1 N–H and O–H groups in total. The van der Waals surface area contributed by atoms with Crippen LogP contribution in [0.15, 0.2) is 46.7 Å². The summed E-state index contributed by atoms with van der Waals surface area (Å²) < 4.78 is 37.0. The molecular formula is C17H17F3N2O2S2. The number of alkyl halides is 3. The van der Waals surface area contributed by atoms with E-state index >= 15 is 0 Å². The van der Waals surface area contributed by atoms with Gasteiger partial charge in [0.1, 0.15) is 0 Å². The number of thioether (sulfide) groups is 1. The van der Waals surface area contributed by atoms with Crippen LogP contribution >= 0.6 is 23.1 Å². The highest BCUT2D eigenvalue weighted by molar-refractivity contribution is 8.00. The van der Waals surface area contributed by atoms with Gasteiger partial charge in [0.2, 0.25) is 5.91 Å². The van der Waals surface area contributed by atoms with Gasteiger partial charge in [0.25, 0.3) is 5.91 Å². The maximum Gasteiger partial charge on any atom is 0.446 e. The summed E-state index contributed by atoms with van der Waals surface area (Å²) in [6, 6.07) is 8.94. The molecule has 2 aromatic rings. The van der Waals surface area contributed by atoms with E-state index in [1.165, 1.54) is 40.5 Å². The molecular weight excluding hydrogens is 385 g/mol. The third kappa shape index (κ3) is 6.38. The quantitative estimate of drug-likeness (QED) is 0.709. The number of hydrogen-bond acceptors (Lipinski definition) is 4. The molecule has 0 atom stereocenters. The average Bonchev–Trinajstić information content (AvgIpc) is 3.10. The van der Waals surface area contributed by atoms with Gasteiger partial charge >= 0.3 is 5.51 Å². The fourth-order valence-corrected chi connectivity index (χ4v) is 3.32. The van der Waals surface area contributed by atoms with Crippen molar-refractivity contribution in [3.05, 3.63) is 52.2 Å². The molecule has 140 valence electrons. The topological polar surface area (TPSA) is 49.4 Å². The molecule has 2 rings (SSSR count). The van der Waals surface area contributed by atoms with Crippen molar-refractivity contribution in [3.63, 3.8) is 0 Å². The van der Waals surface area contributed by atoms with Gasteiger partial charge < -0.3 is 10.2 Å². The Hall–Kier alpha value is -2.00. The number of halogens is 3. The minimum Gasteiger partial charge on any atom is -0.350 e. The van der Waals surface area contributed by atoms with Crippen molar-refractivity contribution in [2.45, 2.75) is 23.9 Å². The monoisotopic (exact) mass is 402 g/mol. The first-order chi connectivity index (χ1) is 12.3. The molecule has 0 radical (unpaired) electrons. The lowest BCUT2D eigenvalue weighted by Gasteiger charge is -2.20. The number of thiophene rings is 1. The van der Waals surface area contributed by atoms with E-state index in [-0.39, 0.29) is 34.7 Å². The number of nitrogens with one attached hydrogen (secondary N) is 1. The second-order valence-corrected chi connectivity index (χ2v) is 7.42. The largest absolute Gasteiger partial charge is 0.446 e. The van der Waals surface area contributed by atoms with Gasteiger partial charge in [-0.05, 0) is 54.4 Å². The van der Waals surface area contributed by atoms with Crippen molar-refractivity contribution in [1.29, 1.82) is 0 Å². The van der Waals surface area contributed by atoms with Crippen LogP contribution in [0, 0.1) is 0 Å². The lowest BCUT2D eigenvalue weighted by atomic mass is 10.2. The van der Waals surface area contributed by atoms with E-state index < -0.39 is 11.4 Å². The summed E-state index contributed by atoms with van der Waals surface area (Å²) in [5.41, 5.74) is -4.13. The van der Waals surface area contributed by atoms with Crippen LogP contribution in [0.1, 0.15) is 22.2 Å². The van der Waals surface area contributed by atoms with Gasteiger partial charge in [0.15, 0.2) is 0 Å². The lowest BCUT2D eigenvalue weighted by molar-refractivity contribution is -0.121. The van der Waals surface area contributed by atoms with Crippen molar-refractivity contribution in [2.75, 3.05) is 13.1 Å². The van der Waals surface area contributed by atoms with Crippen LogP contribution < -0.4 is 5.32 Å². The molecule has 0 saturated carbocycles. The Labute approximate surface area is 157 Å². The molecule has 1 aromatic carbocycles. The number of rotatable bonds is 7. The van der Waals surface area contributed by atoms with E-state index in [2.05, 4.69) is 5.32 Å². The van der Waals surface area contributed by atoms with Crippen molar-refractivity contribution < 1.29 is 22.8 Å². The number of benzene rings is 1. The molecule has 9 heteroatoms. The zero-order valence-electron chi connectivity index (χ0n) is 13.9. The summed E-state index contributed by atoms with van der Waals surface area (Å²) in [7, 11) is 0. The van der Waals surface area contributed by atoms with E-state index in [4.69, 9.17) is 0 Å². The van der Waals surface area contributed by atoms with Gasteiger partial charge in [0.05, 0.1) is 13.1 Å². The van der Waals surface area contributed by atoms with Crippen LogP contribution in [-0.4, -0.2) is 35.3 Å². The van der Waals surface area contributed by atoms with E-state index in [1.54, 1.807) is 6.92 Å². The van der Waals surface area contributed by atoms with Crippen molar-refractivity contribution in [3.8, 4) is 0 Å². The molecule has 0 aliphatic rings. The number of nitrogens with zero attached hydrogens (tertiary/aromatic N) is 1. The summed E-state index contributed by atoms with van der Waals surface area (Å²) in [5, 5.41) is 4.65. The predicted molar refractivity (Wildman–Crippen MR) is 96.1 cm³/mol. The summed E-state index contributed by atoms with van der Waals surface area (Å²) >= 11 is 1.28. The Morgan fingerprint density at radius 2 is 1.88 bits per heavy atom. The fourth-order valence-electron chi connectivity index (χ4n) is 2.14. The smallest absolute Gasteiger partial charge is 0.350 e. The number of hydrogen-bond donors (Lipinski definition) is 1. The Bertz CT molecular complexity index is 731. The minimum absolute atomic E-state index is 0.00536. The third-order valence-electron chi connectivity index (χ3n) is 3.38. The minimum atomic E-state index is -4.37. The molecule has 0 saturated heterocycles. The number of carbonyl (C=O) groups excluding carboxylic acids is 2. The second kappa shape index (κ2) is 9.09. The molecule has 0 spiro atoms. The van der Waals surface area contributed by atoms with Crippen molar-refractivity contribution in [2.24, 2.45) is 0 Å². The van der Waals surface area contributed by atoms with E-state index in [0.29, 0.717) is 13.1 Å². The first-order valence-corrected chi connectivity index (χ1v) is 9.42. The van der Waals surface area contributed by atoms with Crippen LogP contribution in [0.5, 0.6) is 0 Å². The highest BCUT2D eigenvalue weighted by atomic mass is 32.2. The van der Waals surface area contributed by atoms with E-state index in [0.717, 1.165) is 4.88 Å². The van der Waals surface area contributed by atoms with Crippen LogP contribution in [-0.2, 0) is 11.3 Å². The SMILES string of the molecule is CCN(CC(=O)NCc1cccs1)C(=O)c1ccc(SC(F)(F)F)cc1. The predicted octanol–water partition coefficient (Wildman–Crippen LogP) is 4.14. The molecule has 1 heterocycles. The fraction of sp³-hybridized carbons (Fsp3) is 0.294. The summed E-state index contributed by atoms with van der Waals surface area (Å²) in [6.07, 6.45) is 0. The van der Waals surface area contributed by atoms with E-state index in [9.17, 15) is 22.8 Å². The number of carbonyl (C=O) groups is 2. The molecule has 0 fully saturated rings.